The number of hydrogen-bond acceptors (Lipinski definition) is 7. The molecule has 0 bridgehead atoms. The molecule has 0 spiro atoms. The number of hydrogen-bond donors (Lipinski definition) is 0. The summed E-state index contributed by atoms with van der Waals surface area (Å²) >= 11 is 16.4. The minimum absolute atomic E-state index is 0.221. The highest BCUT2D eigenvalue weighted by Crippen LogP contribution is 2.43. The number of nitrogens with zero attached hydrogens (tertiary/aromatic N) is 3. The molecule has 11 heteroatoms. The summed E-state index contributed by atoms with van der Waals surface area (Å²) < 4.78 is 25.3. The second-order valence-electron chi connectivity index (χ2n) is 9.57. The van der Waals surface area contributed by atoms with Gasteiger partial charge in [0.1, 0.15) is 23.0 Å². The predicted octanol–water partition coefficient (Wildman–Crippen LogP) is 8.75. The third kappa shape index (κ3) is 5.78. The molecular formula is C33H24BrCl2N3O5. The first-order chi connectivity index (χ1) is 21.4. The van der Waals surface area contributed by atoms with E-state index >= 15 is 0 Å². The average molecular weight is 693 g/mol. The Morgan fingerprint density at radius 2 is 1.77 bits per heavy atom. The van der Waals surface area contributed by atoms with E-state index in [0.717, 1.165) is 10.9 Å². The average Bonchev–Trinajstić information content (AvgIpc) is 3.48. The Labute approximate surface area is 270 Å². The third-order valence-electron chi connectivity index (χ3n) is 6.78. The molecular weight excluding hydrogens is 669 g/mol. The molecule has 0 amide bonds. The Morgan fingerprint density at radius 3 is 2.55 bits per heavy atom. The van der Waals surface area contributed by atoms with Crippen LogP contribution in [0.3, 0.4) is 0 Å². The van der Waals surface area contributed by atoms with Gasteiger partial charge in [-0.1, -0.05) is 53.5 Å². The van der Waals surface area contributed by atoms with E-state index in [4.69, 9.17) is 46.8 Å². The zero-order valence-electron chi connectivity index (χ0n) is 23.5. The number of para-hydroxylation sites is 1. The Hall–Kier alpha value is -4.31. The summed E-state index contributed by atoms with van der Waals surface area (Å²) in [5.74, 6) is 2.00. The van der Waals surface area contributed by atoms with E-state index in [-0.39, 0.29) is 18.0 Å². The molecule has 2 heterocycles. The summed E-state index contributed by atoms with van der Waals surface area (Å²) in [6, 6.07) is 23.4. The van der Waals surface area contributed by atoms with E-state index in [1.165, 1.54) is 10.9 Å². The van der Waals surface area contributed by atoms with Crippen molar-refractivity contribution in [2.24, 2.45) is 5.10 Å². The number of ether oxygens (including phenoxy) is 3. The molecule has 0 unspecified atom stereocenters. The normalized spacial score (nSPS) is 11.5. The summed E-state index contributed by atoms with van der Waals surface area (Å²) in [7, 11) is 1.59. The molecule has 0 saturated carbocycles. The van der Waals surface area contributed by atoms with Crippen molar-refractivity contribution < 1.29 is 18.6 Å². The van der Waals surface area contributed by atoms with Gasteiger partial charge >= 0.3 is 0 Å². The molecule has 0 saturated heterocycles. The first-order valence-electron chi connectivity index (χ1n) is 13.5. The summed E-state index contributed by atoms with van der Waals surface area (Å²) in [6.45, 7) is 2.49. The van der Waals surface area contributed by atoms with E-state index in [0.29, 0.717) is 66.2 Å². The number of methoxy groups -OCH3 is 1. The maximum atomic E-state index is 13.8. The lowest BCUT2D eigenvalue weighted by Crippen LogP contribution is -2.20. The van der Waals surface area contributed by atoms with Gasteiger partial charge in [-0.3, -0.25) is 4.79 Å². The standard InChI is InChI=1S/C33H24BrCl2N3O5/c1-3-42-27-15-20(29(34)30(36)31(27)43-18-19-11-13-21(35)14-12-19)17-37-39-32(38-24-8-5-4-7-22(24)33(39)40)28-16-23-25(41-2)9-6-10-26(23)44-28/h4-17H,3,18H2,1-2H3. The van der Waals surface area contributed by atoms with Crippen LogP contribution < -0.4 is 19.8 Å². The lowest BCUT2D eigenvalue weighted by atomic mass is 10.2. The zero-order chi connectivity index (χ0) is 30.8. The largest absolute Gasteiger partial charge is 0.496 e. The van der Waals surface area contributed by atoms with Gasteiger partial charge in [-0.15, -0.1) is 0 Å². The van der Waals surface area contributed by atoms with E-state index in [2.05, 4.69) is 21.0 Å². The van der Waals surface area contributed by atoms with Crippen molar-refractivity contribution in [2.45, 2.75) is 13.5 Å². The second kappa shape index (κ2) is 12.7. The lowest BCUT2D eigenvalue weighted by Gasteiger charge is -2.16. The van der Waals surface area contributed by atoms with Gasteiger partial charge in [-0.2, -0.15) is 9.78 Å². The molecule has 0 fully saturated rings. The highest BCUT2D eigenvalue weighted by Gasteiger charge is 2.20. The molecule has 0 N–H and O–H groups in total. The van der Waals surface area contributed by atoms with Gasteiger partial charge in [0.15, 0.2) is 17.3 Å². The topological polar surface area (TPSA) is 88.1 Å². The van der Waals surface area contributed by atoms with E-state index < -0.39 is 0 Å². The van der Waals surface area contributed by atoms with Crippen LogP contribution in [0.25, 0.3) is 33.5 Å². The molecule has 0 aliphatic rings. The summed E-state index contributed by atoms with van der Waals surface area (Å²) in [5.41, 5.74) is 2.19. The summed E-state index contributed by atoms with van der Waals surface area (Å²) in [5, 5.41) is 6.65. The van der Waals surface area contributed by atoms with Gasteiger partial charge in [-0.05, 0) is 76.9 Å². The number of fused-ring (bicyclic) bond motifs is 2. The van der Waals surface area contributed by atoms with Gasteiger partial charge in [-0.25, -0.2) is 4.98 Å². The lowest BCUT2D eigenvalue weighted by molar-refractivity contribution is 0.269. The van der Waals surface area contributed by atoms with E-state index in [1.54, 1.807) is 49.6 Å². The van der Waals surface area contributed by atoms with Gasteiger partial charge in [0, 0.05) is 15.1 Å². The Balaban J connectivity index is 1.44. The van der Waals surface area contributed by atoms with Gasteiger partial charge < -0.3 is 18.6 Å². The van der Waals surface area contributed by atoms with Crippen molar-refractivity contribution in [2.75, 3.05) is 13.7 Å². The van der Waals surface area contributed by atoms with Crippen LogP contribution in [-0.2, 0) is 6.61 Å². The van der Waals surface area contributed by atoms with Crippen molar-refractivity contribution in [3.63, 3.8) is 0 Å². The summed E-state index contributed by atoms with van der Waals surface area (Å²) in [6.07, 6.45) is 1.51. The number of furan rings is 1. The minimum atomic E-state index is -0.371. The quantitative estimate of drug-likeness (QED) is 0.141. The van der Waals surface area contributed by atoms with Crippen LogP contribution in [-0.4, -0.2) is 29.6 Å². The minimum Gasteiger partial charge on any atom is -0.496 e. The fourth-order valence-electron chi connectivity index (χ4n) is 4.66. The van der Waals surface area contributed by atoms with E-state index in [9.17, 15) is 4.79 Å². The zero-order valence-corrected chi connectivity index (χ0v) is 26.6. The van der Waals surface area contributed by atoms with Crippen molar-refractivity contribution in [3.05, 3.63) is 115 Å². The molecule has 0 aliphatic heterocycles. The maximum absolute atomic E-state index is 13.8. The molecule has 0 radical (unpaired) electrons. The molecule has 8 nitrogen and oxygen atoms in total. The van der Waals surface area contributed by atoms with Gasteiger partial charge in [0.05, 0.1) is 36.2 Å². The van der Waals surface area contributed by atoms with Crippen LogP contribution >= 0.6 is 39.1 Å². The van der Waals surface area contributed by atoms with Crippen LogP contribution in [0.15, 0.2) is 97.6 Å². The van der Waals surface area contributed by atoms with Crippen LogP contribution in [0.5, 0.6) is 17.2 Å². The van der Waals surface area contributed by atoms with Gasteiger partial charge in [0.25, 0.3) is 5.56 Å². The van der Waals surface area contributed by atoms with Crippen LogP contribution in [0, 0.1) is 0 Å². The number of aromatic nitrogens is 2. The van der Waals surface area contributed by atoms with Crippen molar-refractivity contribution in [3.8, 4) is 28.8 Å². The molecule has 4 aromatic carbocycles. The number of benzene rings is 4. The number of halogens is 3. The smallest absolute Gasteiger partial charge is 0.282 e. The highest BCUT2D eigenvalue weighted by molar-refractivity contribution is 9.10. The van der Waals surface area contributed by atoms with Crippen molar-refractivity contribution >= 4 is 67.2 Å². The van der Waals surface area contributed by atoms with Crippen LogP contribution in [0.4, 0.5) is 0 Å². The molecule has 2 aromatic heterocycles. The second-order valence-corrected chi connectivity index (χ2v) is 11.2. The first-order valence-corrected chi connectivity index (χ1v) is 15.1. The Morgan fingerprint density at radius 1 is 0.977 bits per heavy atom. The SMILES string of the molecule is CCOc1cc(C=Nn2c(-c3cc4c(OC)cccc4o3)nc3ccccc3c2=O)c(Br)c(Cl)c1OCc1ccc(Cl)cc1. The highest BCUT2D eigenvalue weighted by atomic mass is 79.9. The third-order valence-corrected chi connectivity index (χ3v) is 8.48. The van der Waals surface area contributed by atoms with Crippen molar-refractivity contribution in [1.82, 2.24) is 9.66 Å². The van der Waals surface area contributed by atoms with Crippen molar-refractivity contribution in [1.29, 1.82) is 0 Å². The molecule has 222 valence electrons. The Bertz CT molecular complexity index is 2090. The molecule has 0 atom stereocenters. The predicted molar refractivity (Wildman–Crippen MR) is 177 cm³/mol. The van der Waals surface area contributed by atoms with Gasteiger partial charge in [0.2, 0.25) is 5.82 Å². The fraction of sp³-hybridized carbons (Fsp3) is 0.121. The monoisotopic (exact) mass is 691 g/mol. The molecule has 0 aliphatic carbocycles. The number of rotatable bonds is 9. The fourth-order valence-corrected chi connectivity index (χ4v) is 5.44. The first kappa shape index (κ1) is 29.7. The van der Waals surface area contributed by atoms with Crippen LogP contribution in [0.2, 0.25) is 10.0 Å². The van der Waals surface area contributed by atoms with E-state index in [1.807, 2.05) is 43.3 Å². The maximum Gasteiger partial charge on any atom is 0.282 e. The molecule has 6 aromatic rings. The molecule has 44 heavy (non-hydrogen) atoms. The van der Waals surface area contributed by atoms with Crippen LogP contribution in [0.1, 0.15) is 18.1 Å². The molecule has 6 rings (SSSR count). The Kier molecular flexibility index (Phi) is 8.61. The summed E-state index contributed by atoms with van der Waals surface area (Å²) in [4.78, 5) is 18.5.